The zero-order chi connectivity index (χ0) is 68.9. The first kappa shape index (κ1) is 94.0. The molecule has 0 atom stereocenters. The van der Waals surface area contributed by atoms with Crippen molar-refractivity contribution in [3.8, 4) is 33.4 Å². The van der Waals surface area contributed by atoms with Crippen molar-refractivity contribution in [1.29, 1.82) is 0 Å². The summed E-state index contributed by atoms with van der Waals surface area (Å²) < 4.78 is 0. The summed E-state index contributed by atoms with van der Waals surface area (Å²) in [5.74, 6) is 0. The molecule has 11 aromatic carbocycles. The fraction of sp³-hybridized carbons (Fsp3) is 0.260. The Hall–Kier alpha value is -10.0. The number of nitrogens with zero attached hydrogens (tertiary/aromatic N) is 2. The first-order valence-corrected chi connectivity index (χ1v) is 33.8. The van der Waals surface area contributed by atoms with E-state index in [0.717, 1.165) is 17.1 Å². The molecule has 0 amide bonds. The van der Waals surface area contributed by atoms with Crippen molar-refractivity contribution in [1.82, 2.24) is 9.97 Å². The van der Waals surface area contributed by atoms with Gasteiger partial charge in [0.25, 0.3) is 0 Å². The van der Waals surface area contributed by atoms with Gasteiger partial charge in [-0.05, 0) is 209 Å². The van der Waals surface area contributed by atoms with Gasteiger partial charge >= 0.3 is 0 Å². The Morgan fingerprint density at radius 1 is 0.216 bits per heavy atom. The number of aromatic nitrogens is 2. The molecule has 15 rings (SSSR count). The van der Waals surface area contributed by atoms with Crippen LogP contribution in [0.2, 0.25) is 0 Å². The lowest BCUT2D eigenvalue weighted by molar-refractivity contribution is 0.794. The first-order chi connectivity index (χ1) is 45.9. The molecular formula is C100H130N2. The third kappa shape index (κ3) is 26.2. The molecule has 2 aliphatic carbocycles. The summed E-state index contributed by atoms with van der Waals surface area (Å²) in [4.78, 5) is 8.25. The molecule has 0 aliphatic heterocycles. The highest BCUT2D eigenvalue weighted by Gasteiger charge is 2.51. The van der Waals surface area contributed by atoms with Crippen LogP contribution in [0, 0.1) is 96.9 Å². The molecule has 2 aromatic heterocycles. The normalized spacial score (nSPS) is 9.98. The van der Waals surface area contributed by atoms with Gasteiger partial charge in [-0.25, -0.2) is 0 Å². The lowest BCUT2D eigenvalue weighted by Gasteiger charge is -2.30. The number of hydrogen-bond donors (Lipinski definition) is 0. The van der Waals surface area contributed by atoms with Crippen molar-refractivity contribution in [3.63, 3.8) is 0 Å². The zero-order valence-corrected chi connectivity index (χ0v) is 60.1. The van der Waals surface area contributed by atoms with E-state index in [9.17, 15) is 0 Å². The van der Waals surface area contributed by atoms with E-state index in [1.807, 2.05) is 85.9 Å². The minimum absolute atomic E-state index is 0. The lowest BCUT2D eigenvalue weighted by Crippen LogP contribution is -2.25. The number of fused-ring (bicyclic) bond motifs is 11. The maximum Gasteiger partial charge on any atom is 0.0725 e. The Labute approximate surface area is 624 Å². The molecule has 2 heteroatoms. The quantitative estimate of drug-likeness (QED) is 0.164. The standard InChI is InChI=1S/C25H16.C14H14.C12H12.3C8H10.2C7H9N.2C2H6.7CH4/c1-5-13-21-17(9-1)18-10-2-6-14-22(18)25(21)23-15-7-3-11-19(23)20-12-4-8-16-24(20)25;1-11-3-7-13(8-4-11)14-9-5-12(2)6-10-14;1-9-7-8-10(2)12-6-4-3-5-11(9)12;1-7-3-5-8(2)6-4-7;1-7-4-3-5-8(2)6-7;1-7-5-3-4-6-8(7)2;1-6-3-4-7(2)8-5-6;1-6-4-3-5-7(2)8-6;2*1-2;;;;;;;/h1-16H;3-10H,1-2H3;3-8H,1-2H3;3*3-6H,1-2H3;2*3-5H,1-2H3;2*1-2H3;7*1H4. The van der Waals surface area contributed by atoms with Crippen LogP contribution in [-0.4, -0.2) is 9.97 Å². The number of benzene rings is 11. The molecule has 0 saturated heterocycles. The molecule has 13 aromatic rings. The van der Waals surface area contributed by atoms with E-state index in [-0.39, 0.29) is 57.4 Å². The van der Waals surface area contributed by atoms with Crippen LogP contribution in [0.15, 0.2) is 291 Å². The van der Waals surface area contributed by atoms with Crippen LogP contribution in [0.1, 0.15) is 180 Å². The molecule has 102 heavy (non-hydrogen) atoms. The van der Waals surface area contributed by atoms with Crippen LogP contribution in [-0.2, 0) is 5.41 Å². The predicted octanol–water partition coefficient (Wildman–Crippen LogP) is 30.3. The highest BCUT2D eigenvalue weighted by molar-refractivity contribution is 5.95. The van der Waals surface area contributed by atoms with Gasteiger partial charge in [0.15, 0.2) is 0 Å². The Balaban J connectivity index is 0. The van der Waals surface area contributed by atoms with Gasteiger partial charge in [-0.2, -0.15) is 0 Å². The van der Waals surface area contributed by atoms with E-state index >= 15 is 0 Å². The van der Waals surface area contributed by atoms with E-state index in [0.29, 0.717) is 0 Å². The van der Waals surface area contributed by atoms with E-state index in [2.05, 4.69) is 340 Å². The number of pyridine rings is 2. The summed E-state index contributed by atoms with van der Waals surface area (Å²) in [6.07, 6.45) is 1.87. The number of aryl methyl sites for hydroxylation is 14. The van der Waals surface area contributed by atoms with Crippen LogP contribution in [0.4, 0.5) is 0 Å². The van der Waals surface area contributed by atoms with Crippen LogP contribution in [0.3, 0.4) is 0 Å². The molecule has 0 saturated carbocycles. The Morgan fingerprint density at radius 3 is 0.745 bits per heavy atom. The van der Waals surface area contributed by atoms with Crippen LogP contribution in [0.25, 0.3) is 44.2 Å². The molecule has 0 unspecified atom stereocenters. The topological polar surface area (TPSA) is 25.8 Å². The summed E-state index contributed by atoms with van der Waals surface area (Å²) in [5.41, 5.74) is 31.4. The highest BCUT2D eigenvalue weighted by atomic mass is 14.7. The molecule has 1 spiro atoms. The third-order valence-corrected chi connectivity index (χ3v) is 16.6. The summed E-state index contributed by atoms with van der Waals surface area (Å²) in [6.45, 7) is 37.2. The molecule has 2 heterocycles. The maximum atomic E-state index is 4.17. The second-order valence-electron chi connectivity index (χ2n) is 24.2. The second-order valence-corrected chi connectivity index (χ2v) is 24.2. The van der Waals surface area contributed by atoms with Crippen LogP contribution >= 0.6 is 0 Å². The van der Waals surface area contributed by atoms with Gasteiger partial charge < -0.3 is 0 Å². The van der Waals surface area contributed by atoms with E-state index < -0.39 is 0 Å². The minimum atomic E-state index is -0.180. The summed E-state index contributed by atoms with van der Waals surface area (Å²) in [5, 5.41) is 2.75. The number of rotatable bonds is 1. The Morgan fingerprint density at radius 2 is 0.490 bits per heavy atom. The second kappa shape index (κ2) is 47.9. The van der Waals surface area contributed by atoms with Crippen molar-refractivity contribution in [2.75, 3.05) is 0 Å². The molecule has 2 nitrogen and oxygen atoms in total. The van der Waals surface area contributed by atoms with E-state index in [1.54, 1.807) is 0 Å². The van der Waals surface area contributed by atoms with E-state index in [4.69, 9.17) is 0 Å². The van der Waals surface area contributed by atoms with Gasteiger partial charge in [0.05, 0.1) is 5.41 Å². The zero-order valence-electron chi connectivity index (χ0n) is 60.1. The van der Waals surface area contributed by atoms with Crippen molar-refractivity contribution in [3.05, 3.63) is 392 Å². The average molecular weight is 1360 g/mol. The van der Waals surface area contributed by atoms with Gasteiger partial charge in [0, 0.05) is 23.3 Å². The van der Waals surface area contributed by atoms with Crippen LogP contribution in [0.5, 0.6) is 0 Å². The van der Waals surface area contributed by atoms with Crippen molar-refractivity contribution in [2.24, 2.45) is 0 Å². The molecule has 0 bridgehead atoms. The fourth-order valence-corrected chi connectivity index (χ4v) is 11.5. The van der Waals surface area contributed by atoms with Crippen molar-refractivity contribution >= 4 is 10.8 Å². The average Bonchev–Trinajstić information content (AvgIpc) is 1.51. The maximum absolute atomic E-state index is 4.17. The first-order valence-electron chi connectivity index (χ1n) is 33.8. The van der Waals surface area contributed by atoms with Gasteiger partial charge in [0.2, 0.25) is 0 Å². The van der Waals surface area contributed by atoms with Gasteiger partial charge in [0.1, 0.15) is 0 Å². The monoisotopic (exact) mass is 1360 g/mol. The fourth-order valence-electron chi connectivity index (χ4n) is 11.5. The smallest absolute Gasteiger partial charge is 0.0725 e. The molecule has 540 valence electrons. The Bertz CT molecular complexity index is 3960. The minimum Gasteiger partial charge on any atom is -0.261 e. The largest absolute Gasteiger partial charge is 0.261 e. The van der Waals surface area contributed by atoms with Crippen LogP contribution < -0.4 is 0 Å². The molecule has 0 fully saturated rings. The van der Waals surface area contributed by atoms with Gasteiger partial charge in [-0.3, -0.25) is 9.97 Å². The van der Waals surface area contributed by atoms with Crippen molar-refractivity contribution in [2.45, 2.75) is 182 Å². The predicted molar refractivity (Wildman–Crippen MR) is 462 cm³/mol. The van der Waals surface area contributed by atoms with Crippen molar-refractivity contribution < 1.29 is 0 Å². The van der Waals surface area contributed by atoms with Gasteiger partial charge in [-0.1, -0.05) is 380 Å². The summed E-state index contributed by atoms with van der Waals surface area (Å²) in [6, 6.07) is 101. The van der Waals surface area contributed by atoms with Gasteiger partial charge in [-0.15, -0.1) is 0 Å². The lowest BCUT2D eigenvalue weighted by atomic mass is 9.70. The molecule has 0 radical (unpaired) electrons. The number of hydrogen-bond acceptors (Lipinski definition) is 2. The molecule has 2 aliphatic rings. The third-order valence-electron chi connectivity index (χ3n) is 16.6. The van der Waals surface area contributed by atoms with E-state index in [1.165, 1.54) is 128 Å². The molecular weight excluding hydrogens is 1230 g/mol. The summed E-state index contributed by atoms with van der Waals surface area (Å²) in [7, 11) is 0. The highest BCUT2D eigenvalue weighted by Crippen LogP contribution is 2.62. The summed E-state index contributed by atoms with van der Waals surface area (Å²) >= 11 is 0. The Kier molecular flexibility index (Phi) is 44.2. The SMILES string of the molecule is C.C.C.C.C.C.C.CC.CC.Cc1ccc(-c2ccc(C)cc2)cc1.Cc1ccc(C)c2ccccc12.Cc1ccc(C)cc1.Cc1ccc(C)nc1.Cc1cccc(C)c1.Cc1cccc(C)n1.Cc1ccccc1C.c1ccc2c(c1)-c1ccccc1C21c2ccccc2-c2ccccc21. The molecule has 0 N–H and O–H groups in total.